The van der Waals surface area contributed by atoms with Crippen LogP contribution in [0.1, 0.15) is 24.0 Å². The Morgan fingerprint density at radius 2 is 1.85 bits per heavy atom. The molecule has 2 heterocycles. The lowest BCUT2D eigenvalue weighted by Crippen LogP contribution is -2.40. The highest BCUT2D eigenvalue weighted by Gasteiger charge is 2.31. The number of methoxy groups -OCH3 is 2. The van der Waals surface area contributed by atoms with Crippen LogP contribution in [0, 0.1) is 0 Å². The molecular weight excluding hydrogens is 438 g/mol. The van der Waals surface area contributed by atoms with Crippen LogP contribution in [0.5, 0.6) is 5.75 Å². The molecule has 3 rings (SSSR count). The molecule has 182 valence electrons. The molecule has 2 amide bonds. The Morgan fingerprint density at radius 3 is 2.59 bits per heavy atom. The fourth-order valence-electron chi connectivity index (χ4n) is 3.75. The van der Waals surface area contributed by atoms with E-state index < -0.39 is 12.1 Å². The van der Waals surface area contributed by atoms with Crippen molar-refractivity contribution < 1.29 is 28.6 Å². The van der Waals surface area contributed by atoms with E-state index in [9.17, 15) is 14.4 Å². The molecule has 1 aromatic carbocycles. The lowest BCUT2D eigenvalue weighted by Gasteiger charge is -2.25. The van der Waals surface area contributed by atoms with Crippen LogP contribution in [0.3, 0.4) is 0 Å². The Hall–Kier alpha value is -3.46. The van der Waals surface area contributed by atoms with Gasteiger partial charge in [-0.05, 0) is 41.8 Å². The number of aryl methyl sites for hydroxylation is 1. The molecule has 2 aromatic rings. The average molecular weight is 470 g/mol. The summed E-state index contributed by atoms with van der Waals surface area (Å²) in [5, 5.41) is 0. The van der Waals surface area contributed by atoms with Gasteiger partial charge in [0.2, 0.25) is 11.8 Å². The molecule has 0 N–H and O–H groups in total. The predicted molar refractivity (Wildman–Crippen MR) is 124 cm³/mol. The molecule has 0 bridgehead atoms. The van der Waals surface area contributed by atoms with E-state index in [1.165, 1.54) is 7.11 Å². The minimum atomic E-state index is -0.403. The van der Waals surface area contributed by atoms with E-state index in [1.54, 1.807) is 29.3 Å². The third-order valence-corrected chi connectivity index (χ3v) is 5.69. The van der Waals surface area contributed by atoms with Crippen molar-refractivity contribution in [3.05, 3.63) is 59.9 Å². The number of hydrogen-bond donors (Lipinski definition) is 0. The quantitative estimate of drug-likeness (QED) is 0.490. The highest BCUT2D eigenvalue weighted by atomic mass is 16.5. The minimum Gasteiger partial charge on any atom is -0.497 e. The molecule has 0 radical (unpaired) electrons. The van der Waals surface area contributed by atoms with Crippen molar-refractivity contribution in [3.63, 3.8) is 0 Å². The van der Waals surface area contributed by atoms with Gasteiger partial charge in [-0.15, -0.1) is 0 Å². The zero-order chi connectivity index (χ0) is 24.3. The largest absolute Gasteiger partial charge is 0.497 e. The van der Waals surface area contributed by atoms with E-state index in [0.29, 0.717) is 19.6 Å². The van der Waals surface area contributed by atoms with Crippen LogP contribution in [0.2, 0.25) is 0 Å². The maximum absolute atomic E-state index is 13.0. The smallest absolute Gasteiger partial charge is 0.307 e. The molecular formula is C25H31N3O6. The summed E-state index contributed by atoms with van der Waals surface area (Å²) in [4.78, 5) is 44.6. The van der Waals surface area contributed by atoms with Crippen molar-refractivity contribution in [1.82, 2.24) is 14.8 Å². The Kier molecular flexibility index (Phi) is 9.40. The molecule has 1 fully saturated rings. The van der Waals surface area contributed by atoms with E-state index in [1.807, 2.05) is 36.4 Å². The normalized spacial score (nSPS) is 16.2. The van der Waals surface area contributed by atoms with Crippen molar-refractivity contribution in [1.29, 1.82) is 0 Å². The molecule has 1 aromatic heterocycles. The summed E-state index contributed by atoms with van der Waals surface area (Å²) in [7, 11) is 2.92. The van der Waals surface area contributed by atoms with Crippen molar-refractivity contribution in [3.8, 4) is 5.75 Å². The molecule has 9 heteroatoms. The minimum absolute atomic E-state index is 0.0463. The zero-order valence-electron chi connectivity index (χ0n) is 19.6. The number of amides is 2. The predicted octanol–water partition coefficient (Wildman–Crippen LogP) is 1.84. The lowest BCUT2D eigenvalue weighted by molar-refractivity contribution is -0.142. The Balaban J connectivity index is 1.67. The van der Waals surface area contributed by atoms with Gasteiger partial charge in [0.1, 0.15) is 5.75 Å². The number of hydrogen-bond acceptors (Lipinski definition) is 7. The molecule has 9 nitrogen and oxygen atoms in total. The summed E-state index contributed by atoms with van der Waals surface area (Å²) in [6.07, 6.45) is 3.91. The molecule has 0 saturated carbocycles. The van der Waals surface area contributed by atoms with E-state index in [2.05, 4.69) is 4.98 Å². The van der Waals surface area contributed by atoms with Crippen LogP contribution in [0.25, 0.3) is 0 Å². The molecule has 0 unspecified atom stereocenters. The van der Waals surface area contributed by atoms with Gasteiger partial charge in [0, 0.05) is 38.4 Å². The third-order valence-electron chi connectivity index (χ3n) is 5.69. The number of aromatic nitrogens is 1. The van der Waals surface area contributed by atoms with Gasteiger partial charge in [0.05, 0.1) is 39.9 Å². The highest BCUT2D eigenvalue weighted by Crippen LogP contribution is 2.17. The molecule has 0 spiro atoms. The summed E-state index contributed by atoms with van der Waals surface area (Å²) < 4.78 is 16.1. The van der Waals surface area contributed by atoms with E-state index in [4.69, 9.17) is 14.2 Å². The number of ether oxygens (including phenoxy) is 3. The second kappa shape index (κ2) is 12.7. The summed E-state index contributed by atoms with van der Waals surface area (Å²) in [6.45, 7) is 1.05. The van der Waals surface area contributed by atoms with Gasteiger partial charge < -0.3 is 24.0 Å². The third kappa shape index (κ3) is 7.55. The van der Waals surface area contributed by atoms with E-state index in [-0.39, 0.29) is 44.3 Å². The van der Waals surface area contributed by atoms with Crippen molar-refractivity contribution in [2.24, 2.45) is 0 Å². The lowest BCUT2D eigenvalue weighted by atomic mass is 10.1. The van der Waals surface area contributed by atoms with Crippen LogP contribution >= 0.6 is 0 Å². The number of nitrogens with zero attached hydrogens (tertiary/aromatic N) is 3. The maximum atomic E-state index is 13.0. The molecule has 1 aliphatic heterocycles. The topological polar surface area (TPSA) is 98.3 Å². The first kappa shape index (κ1) is 25.2. The van der Waals surface area contributed by atoms with Crippen molar-refractivity contribution in [2.45, 2.75) is 32.0 Å². The van der Waals surface area contributed by atoms with Crippen LogP contribution in [0.4, 0.5) is 0 Å². The van der Waals surface area contributed by atoms with Crippen molar-refractivity contribution in [2.75, 3.05) is 40.4 Å². The molecule has 1 atom stereocenters. The second-order valence-corrected chi connectivity index (χ2v) is 8.08. The summed E-state index contributed by atoms with van der Waals surface area (Å²) in [5.74, 6) is 0.00421. The summed E-state index contributed by atoms with van der Waals surface area (Å²) in [5.41, 5.74) is 1.93. The fourth-order valence-corrected chi connectivity index (χ4v) is 3.75. The first-order chi connectivity index (χ1) is 16.5. The van der Waals surface area contributed by atoms with Crippen LogP contribution < -0.4 is 4.74 Å². The second-order valence-electron chi connectivity index (χ2n) is 8.08. The Labute approximate surface area is 199 Å². The molecule has 1 aliphatic rings. The SMILES string of the molecule is COC(=O)CCN1C[C@H](OCc2cccc(OC)c2)CN(C(=O)CCc2ccncc2)CC1=O. The van der Waals surface area contributed by atoms with Gasteiger partial charge in [-0.25, -0.2) is 0 Å². The monoisotopic (exact) mass is 469 g/mol. The first-order valence-corrected chi connectivity index (χ1v) is 11.2. The van der Waals surface area contributed by atoms with Gasteiger partial charge in [0.15, 0.2) is 0 Å². The standard InChI is InChI=1S/C25H31N3O6/c1-32-21-5-3-4-20(14-21)18-34-22-15-27(13-10-25(31)33-2)24(30)17-28(16-22)23(29)7-6-19-8-11-26-12-9-19/h3-5,8-9,11-12,14,22H,6-7,10,13,15-18H2,1-2H3/t22-/m0/s1. The van der Waals surface area contributed by atoms with Crippen LogP contribution in [-0.4, -0.2) is 79.1 Å². The summed E-state index contributed by atoms with van der Waals surface area (Å²) >= 11 is 0. The first-order valence-electron chi connectivity index (χ1n) is 11.2. The Bertz CT molecular complexity index is 968. The molecule has 1 saturated heterocycles. The number of carbonyl (C=O) groups is 3. The number of rotatable bonds is 10. The van der Waals surface area contributed by atoms with Crippen LogP contribution in [-0.2, 0) is 36.9 Å². The average Bonchev–Trinajstić information content (AvgIpc) is 3.03. The summed E-state index contributed by atoms with van der Waals surface area (Å²) in [6, 6.07) is 11.3. The van der Waals surface area contributed by atoms with Crippen molar-refractivity contribution >= 4 is 17.8 Å². The molecule has 0 aliphatic carbocycles. The molecule has 34 heavy (non-hydrogen) atoms. The van der Waals surface area contributed by atoms with E-state index >= 15 is 0 Å². The van der Waals surface area contributed by atoms with Gasteiger partial charge in [-0.3, -0.25) is 19.4 Å². The van der Waals surface area contributed by atoms with Gasteiger partial charge in [0.25, 0.3) is 0 Å². The number of benzene rings is 1. The zero-order valence-corrected chi connectivity index (χ0v) is 19.6. The Morgan fingerprint density at radius 1 is 1.06 bits per heavy atom. The van der Waals surface area contributed by atoms with Gasteiger partial charge in [-0.2, -0.15) is 0 Å². The van der Waals surface area contributed by atoms with Gasteiger partial charge in [-0.1, -0.05) is 12.1 Å². The van der Waals surface area contributed by atoms with Crippen LogP contribution in [0.15, 0.2) is 48.8 Å². The highest BCUT2D eigenvalue weighted by molar-refractivity contribution is 5.85. The fraction of sp³-hybridized carbons (Fsp3) is 0.440. The number of carbonyl (C=O) groups excluding carboxylic acids is 3. The number of esters is 1. The van der Waals surface area contributed by atoms with Gasteiger partial charge >= 0.3 is 5.97 Å². The number of pyridine rings is 1. The van der Waals surface area contributed by atoms with E-state index in [0.717, 1.165) is 16.9 Å². The maximum Gasteiger partial charge on any atom is 0.307 e.